The largest absolute Gasteiger partial charge is 0.491 e. The van der Waals surface area contributed by atoms with Crippen LogP contribution in [-0.4, -0.2) is 19.2 Å². The summed E-state index contributed by atoms with van der Waals surface area (Å²) in [6, 6.07) is 7.89. The molecule has 0 radical (unpaired) electrons. The summed E-state index contributed by atoms with van der Waals surface area (Å²) < 4.78 is 16.8. The molecular weight excluding hydrogens is 254 g/mol. The molecule has 0 N–H and O–H groups in total. The second-order valence-electron chi connectivity index (χ2n) is 4.72. The second-order valence-corrected chi connectivity index (χ2v) is 4.72. The number of benzene rings is 1. The number of aromatic nitrogens is 1. The van der Waals surface area contributed by atoms with Crippen LogP contribution in [0.1, 0.15) is 23.7 Å². The van der Waals surface area contributed by atoms with Crippen LogP contribution in [0.3, 0.4) is 0 Å². The number of hydrogen-bond donors (Lipinski definition) is 0. The van der Waals surface area contributed by atoms with Crippen LogP contribution >= 0.6 is 0 Å². The lowest BCUT2D eigenvalue weighted by Crippen LogP contribution is -1.97. The van der Waals surface area contributed by atoms with Crippen molar-refractivity contribution in [2.45, 2.75) is 18.9 Å². The van der Waals surface area contributed by atoms with E-state index < -0.39 is 0 Å². The van der Waals surface area contributed by atoms with Gasteiger partial charge >= 0.3 is 0 Å². The average molecular weight is 271 g/mol. The summed E-state index contributed by atoms with van der Waals surface area (Å²) in [5, 5.41) is 0. The molecule has 1 aromatic heterocycles. The van der Waals surface area contributed by atoms with Crippen molar-refractivity contribution in [3.8, 4) is 17.2 Å². The van der Waals surface area contributed by atoms with Crippen LogP contribution in [0.15, 0.2) is 36.7 Å². The van der Waals surface area contributed by atoms with Crippen molar-refractivity contribution in [1.29, 1.82) is 0 Å². The molecule has 1 heterocycles. The van der Waals surface area contributed by atoms with Crippen molar-refractivity contribution < 1.29 is 14.2 Å². The highest BCUT2D eigenvalue weighted by Crippen LogP contribution is 2.41. The predicted octanol–water partition coefficient (Wildman–Crippen LogP) is 3.52. The minimum Gasteiger partial charge on any atom is -0.491 e. The molecule has 1 atom stereocenters. The third-order valence-electron chi connectivity index (χ3n) is 3.64. The van der Waals surface area contributed by atoms with Crippen LogP contribution in [0.2, 0.25) is 0 Å². The fourth-order valence-electron chi connectivity index (χ4n) is 2.65. The smallest absolute Gasteiger partial charge is 0.179 e. The highest BCUT2D eigenvalue weighted by Gasteiger charge is 2.25. The molecule has 104 valence electrons. The van der Waals surface area contributed by atoms with E-state index in [-0.39, 0.29) is 6.10 Å². The molecule has 1 unspecified atom stereocenters. The average Bonchev–Trinajstić information content (AvgIpc) is 2.92. The summed E-state index contributed by atoms with van der Waals surface area (Å²) in [5.74, 6) is 2.18. The van der Waals surface area contributed by atoms with E-state index in [1.54, 1.807) is 32.7 Å². The van der Waals surface area contributed by atoms with Gasteiger partial charge < -0.3 is 14.2 Å². The maximum absolute atomic E-state index is 6.02. The molecule has 0 amide bonds. The maximum Gasteiger partial charge on any atom is 0.179 e. The van der Waals surface area contributed by atoms with E-state index in [1.165, 1.54) is 11.1 Å². The van der Waals surface area contributed by atoms with Crippen molar-refractivity contribution in [2.75, 3.05) is 14.2 Å². The Morgan fingerprint density at radius 3 is 2.80 bits per heavy atom. The van der Waals surface area contributed by atoms with Crippen LogP contribution in [0.25, 0.3) is 0 Å². The van der Waals surface area contributed by atoms with E-state index in [1.807, 2.05) is 12.1 Å². The molecule has 20 heavy (non-hydrogen) atoms. The number of rotatable bonds is 4. The zero-order chi connectivity index (χ0) is 13.9. The molecule has 4 nitrogen and oxygen atoms in total. The fourth-order valence-corrected chi connectivity index (χ4v) is 2.65. The molecule has 0 spiro atoms. The Morgan fingerprint density at radius 1 is 1.10 bits per heavy atom. The quantitative estimate of drug-likeness (QED) is 0.853. The normalized spacial score (nSPS) is 16.8. The van der Waals surface area contributed by atoms with Crippen LogP contribution in [0.4, 0.5) is 0 Å². The van der Waals surface area contributed by atoms with Gasteiger partial charge in [0.1, 0.15) is 5.75 Å². The van der Waals surface area contributed by atoms with Crippen LogP contribution in [-0.2, 0) is 11.2 Å². The number of fused-ring (bicyclic) bond motifs is 1. The maximum atomic E-state index is 6.02. The van der Waals surface area contributed by atoms with Crippen LogP contribution in [0, 0.1) is 0 Å². The summed E-state index contributed by atoms with van der Waals surface area (Å²) in [7, 11) is 3.36. The Hall–Kier alpha value is -2.07. The third-order valence-corrected chi connectivity index (χ3v) is 3.64. The van der Waals surface area contributed by atoms with Gasteiger partial charge in [-0.05, 0) is 24.5 Å². The lowest BCUT2D eigenvalue weighted by Gasteiger charge is -2.13. The second kappa shape index (κ2) is 5.51. The molecule has 0 fully saturated rings. The molecule has 0 bridgehead atoms. The minimum atomic E-state index is 0.174. The van der Waals surface area contributed by atoms with Gasteiger partial charge in [0.2, 0.25) is 0 Å². The summed E-state index contributed by atoms with van der Waals surface area (Å²) in [6.07, 6.45) is 5.49. The molecule has 1 aliphatic carbocycles. The number of nitrogens with zero attached hydrogens (tertiary/aromatic N) is 1. The molecule has 0 saturated carbocycles. The van der Waals surface area contributed by atoms with Gasteiger partial charge in [-0.15, -0.1) is 0 Å². The van der Waals surface area contributed by atoms with Gasteiger partial charge in [-0.3, -0.25) is 4.98 Å². The first-order valence-corrected chi connectivity index (χ1v) is 6.64. The van der Waals surface area contributed by atoms with Crippen molar-refractivity contribution >= 4 is 0 Å². The minimum absolute atomic E-state index is 0.174. The van der Waals surface area contributed by atoms with Crippen molar-refractivity contribution in [3.63, 3.8) is 0 Å². The lowest BCUT2D eigenvalue weighted by atomic mass is 10.1. The standard InChI is InChI=1S/C16H17NO3/c1-18-13-7-6-12-11(13)4-3-5-14(12)20-15-8-9-17-10-16(15)19-2/h3-5,8-10,13H,6-7H2,1-2H3. The molecule has 1 aliphatic rings. The van der Waals surface area contributed by atoms with Gasteiger partial charge in [-0.2, -0.15) is 0 Å². The summed E-state index contributed by atoms with van der Waals surface area (Å²) in [4.78, 5) is 4.03. The van der Waals surface area contributed by atoms with E-state index in [2.05, 4.69) is 11.1 Å². The van der Waals surface area contributed by atoms with E-state index >= 15 is 0 Å². The third kappa shape index (κ3) is 2.23. The van der Waals surface area contributed by atoms with Gasteiger partial charge in [0.25, 0.3) is 0 Å². The van der Waals surface area contributed by atoms with Gasteiger partial charge in [-0.25, -0.2) is 0 Å². The Morgan fingerprint density at radius 2 is 2.00 bits per heavy atom. The van der Waals surface area contributed by atoms with E-state index in [4.69, 9.17) is 14.2 Å². The zero-order valence-corrected chi connectivity index (χ0v) is 11.6. The highest BCUT2D eigenvalue weighted by molar-refractivity contribution is 5.48. The molecule has 4 heteroatoms. The van der Waals surface area contributed by atoms with Crippen molar-refractivity contribution in [1.82, 2.24) is 4.98 Å². The molecule has 2 aromatic rings. The van der Waals surface area contributed by atoms with E-state index in [9.17, 15) is 0 Å². The van der Waals surface area contributed by atoms with E-state index in [0.29, 0.717) is 11.5 Å². The first-order valence-electron chi connectivity index (χ1n) is 6.64. The van der Waals surface area contributed by atoms with Crippen molar-refractivity contribution in [3.05, 3.63) is 47.8 Å². The lowest BCUT2D eigenvalue weighted by molar-refractivity contribution is 0.105. The number of methoxy groups -OCH3 is 2. The van der Waals surface area contributed by atoms with Gasteiger partial charge in [0.05, 0.1) is 19.4 Å². The fraction of sp³-hybridized carbons (Fsp3) is 0.312. The summed E-state index contributed by atoms with van der Waals surface area (Å²) in [5.41, 5.74) is 2.44. The van der Waals surface area contributed by atoms with Crippen molar-refractivity contribution in [2.24, 2.45) is 0 Å². The SMILES string of the molecule is COc1cnccc1Oc1cccc2c1CCC2OC. The molecular formula is C16H17NO3. The predicted molar refractivity (Wildman–Crippen MR) is 75.4 cm³/mol. The molecule has 1 aromatic carbocycles. The summed E-state index contributed by atoms with van der Waals surface area (Å²) >= 11 is 0. The Bertz CT molecular complexity index is 612. The van der Waals surface area contributed by atoms with Crippen LogP contribution < -0.4 is 9.47 Å². The number of ether oxygens (including phenoxy) is 3. The topological polar surface area (TPSA) is 40.6 Å². The van der Waals surface area contributed by atoms with E-state index in [0.717, 1.165) is 18.6 Å². The number of pyridine rings is 1. The van der Waals surface area contributed by atoms with Gasteiger partial charge in [0, 0.05) is 24.9 Å². The Labute approximate surface area is 118 Å². The Balaban J connectivity index is 1.95. The molecule has 3 rings (SSSR count). The number of hydrogen-bond acceptors (Lipinski definition) is 4. The Kier molecular flexibility index (Phi) is 3.56. The molecule has 0 saturated heterocycles. The highest BCUT2D eigenvalue weighted by atomic mass is 16.5. The molecule has 0 aliphatic heterocycles. The summed E-state index contributed by atoms with van der Waals surface area (Å²) in [6.45, 7) is 0. The zero-order valence-electron chi connectivity index (χ0n) is 11.6. The van der Waals surface area contributed by atoms with Gasteiger partial charge in [-0.1, -0.05) is 12.1 Å². The first kappa shape index (κ1) is 12.9. The van der Waals surface area contributed by atoms with Gasteiger partial charge in [0.15, 0.2) is 11.5 Å². The first-order chi connectivity index (χ1) is 9.83. The monoisotopic (exact) mass is 271 g/mol. The van der Waals surface area contributed by atoms with Crippen LogP contribution in [0.5, 0.6) is 17.2 Å².